The summed E-state index contributed by atoms with van der Waals surface area (Å²) in [4.78, 5) is 0. The number of rotatable bonds is 5. The molecule has 2 rings (SSSR count). The maximum Gasteiger partial charge on any atom is 0.122 e. The van der Waals surface area contributed by atoms with Gasteiger partial charge in [0.15, 0.2) is 0 Å². The molecule has 1 heterocycles. The Hall–Kier alpha value is -0.400. The zero-order chi connectivity index (χ0) is 15.6. The molecule has 1 aromatic carbocycles. The summed E-state index contributed by atoms with van der Waals surface area (Å²) < 4.78 is 7.25. The summed E-state index contributed by atoms with van der Waals surface area (Å²) in [6.07, 6.45) is -0.667. The molecule has 0 amide bonds. The van der Waals surface area contributed by atoms with Crippen molar-refractivity contribution in [3.8, 4) is 5.75 Å². The first kappa shape index (κ1) is 17.0. The highest BCUT2D eigenvalue weighted by molar-refractivity contribution is 9.12. The number of nitrogens with two attached hydrogens (primary N) is 1. The molecular weight excluding hydrogens is 418 g/mol. The second kappa shape index (κ2) is 7.24. The van der Waals surface area contributed by atoms with Crippen molar-refractivity contribution in [1.82, 2.24) is 0 Å². The molecule has 0 radical (unpaired) electrons. The van der Waals surface area contributed by atoms with Crippen molar-refractivity contribution in [2.45, 2.75) is 18.9 Å². The Balaban J connectivity index is 2.37. The predicted octanol–water partition coefficient (Wildman–Crippen LogP) is 4.37. The van der Waals surface area contributed by atoms with Crippen LogP contribution >= 0.6 is 43.2 Å². The second-order valence-corrected chi connectivity index (χ2v) is 8.54. The molecule has 1 aromatic heterocycles. The summed E-state index contributed by atoms with van der Waals surface area (Å²) in [5, 5.41) is 10.7. The fraction of sp³-hybridized carbons (Fsp3) is 0.333. The normalized spacial score (nSPS) is 14.0. The van der Waals surface area contributed by atoms with Crippen LogP contribution in [0.3, 0.4) is 0 Å². The lowest BCUT2D eigenvalue weighted by Gasteiger charge is -2.22. The van der Waals surface area contributed by atoms with Gasteiger partial charge in [-0.25, -0.2) is 0 Å². The summed E-state index contributed by atoms with van der Waals surface area (Å²) in [6.45, 7) is 2.34. The molecule has 6 heteroatoms. The summed E-state index contributed by atoms with van der Waals surface area (Å²) in [6, 6.07) is 7.86. The number of ether oxygens (including phenoxy) is 1. The van der Waals surface area contributed by atoms with E-state index < -0.39 is 6.10 Å². The quantitative estimate of drug-likeness (QED) is 0.734. The third-order valence-corrected chi connectivity index (χ3v) is 5.88. The Morgan fingerprint density at radius 2 is 2.05 bits per heavy atom. The number of aryl methyl sites for hydroxylation is 1. The van der Waals surface area contributed by atoms with E-state index in [1.807, 2.05) is 31.2 Å². The highest BCUT2D eigenvalue weighted by Gasteiger charge is 2.25. The molecule has 0 aliphatic heterocycles. The molecule has 3 N–H and O–H groups in total. The van der Waals surface area contributed by atoms with Crippen LogP contribution in [-0.4, -0.2) is 18.8 Å². The fourth-order valence-electron chi connectivity index (χ4n) is 2.29. The Labute approximate surface area is 145 Å². The molecule has 0 saturated carbocycles. The van der Waals surface area contributed by atoms with Crippen molar-refractivity contribution in [3.63, 3.8) is 0 Å². The Kier molecular flexibility index (Phi) is 5.85. The van der Waals surface area contributed by atoms with Gasteiger partial charge in [0.05, 0.1) is 20.8 Å². The third-order valence-electron chi connectivity index (χ3n) is 3.50. The zero-order valence-corrected chi connectivity index (χ0v) is 15.8. The summed E-state index contributed by atoms with van der Waals surface area (Å²) in [5.41, 5.74) is 8.79. The van der Waals surface area contributed by atoms with Gasteiger partial charge in [0, 0.05) is 18.0 Å². The minimum atomic E-state index is -0.667. The first-order valence-corrected chi connectivity index (χ1v) is 8.85. The number of thiophene rings is 1. The number of halogens is 2. The molecule has 21 heavy (non-hydrogen) atoms. The molecule has 2 unspecified atom stereocenters. The molecule has 0 saturated heterocycles. The number of hydrogen-bond acceptors (Lipinski definition) is 4. The summed E-state index contributed by atoms with van der Waals surface area (Å²) >= 11 is 8.47. The number of aliphatic hydroxyl groups excluding tert-OH is 1. The van der Waals surface area contributed by atoms with Gasteiger partial charge in [0.25, 0.3) is 0 Å². The standard InChI is InChI=1S/C15H17Br2NO2S/c1-8-3-4-9(5-12(8)20-2)11(7-18)14(19)10-6-13(16)21-15(10)17/h3-6,11,14,19H,7,18H2,1-2H3. The van der Waals surface area contributed by atoms with Crippen molar-refractivity contribution < 1.29 is 9.84 Å². The Morgan fingerprint density at radius 1 is 1.33 bits per heavy atom. The second-order valence-electron chi connectivity index (χ2n) is 4.80. The topological polar surface area (TPSA) is 55.5 Å². The van der Waals surface area contributed by atoms with Crippen LogP contribution in [0.25, 0.3) is 0 Å². The van der Waals surface area contributed by atoms with Crippen molar-refractivity contribution in [2.24, 2.45) is 5.73 Å². The molecule has 0 spiro atoms. The minimum absolute atomic E-state index is 0.183. The average molecular weight is 435 g/mol. The van der Waals surface area contributed by atoms with Crippen molar-refractivity contribution in [3.05, 3.63) is 48.5 Å². The van der Waals surface area contributed by atoms with Crippen LogP contribution in [0.15, 0.2) is 31.8 Å². The van der Waals surface area contributed by atoms with E-state index >= 15 is 0 Å². The van der Waals surface area contributed by atoms with Crippen molar-refractivity contribution in [2.75, 3.05) is 13.7 Å². The van der Waals surface area contributed by atoms with Gasteiger partial charge in [0.1, 0.15) is 5.75 Å². The van der Waals surface area contributed by atoms with E-state index in [0.29, 0.717) is 6.54 Å². The summed E-state index contributed by atoms with van der Waals surface area (Å²) in [7, 11) is 1.65. The minimum Gasteiger partial charge on any atom is -0.496 e. The van der Waals surface area contributed by atoms with Crippen LogP contribution in [0.4, 0.5) is 0 Å². The Morgan fingerprint density at radius 3 is 2.57 bits per heavy atom. The Bertz CT molecular complexity index is 630. The van der Waals surface area contributed by atoms with Crippen LogP contribution in [-0.2, 0) is 0 Å². The first-order valence-electron chi connectivity index (χ1n) is 6.45. The number of benzene rings is 1. The van der Waals surface area contributed by atoms with Crippen molar-refractivity contribution in [1.29, 1.82) is 0 Å². The van der Waals surface area contributed by atoms with E-state index in [-0.39, 0.29) is 5.92 Å². The molecule has 0 bridgehead atoms. The fourth-order valence-corrected chi connectivity index (χ4v) is 5.20. The van der Waals surface area contributed by atoms with Gasteiger partial charge in [-0.05, 0) is 62.0 Å². The first-order chi connectivity index (χ1) is 9.97. The SMILES string of the molecule is COc1cc(C(CN)C(O)c2cc(Br)sc2Br)ccc1C. The van der Waals surface area contributed by atoms with Gasteiger partial charge >= 0.3 is 0 Å². The highest BCUT2D eigenvalue weighted by Crippen LogP contribution is 2.41. The van der Waals surface area contributed by atoms with Gasteiger partial charge in [-0.2, -0.15) is 0 Å². The van der Waals surface area contributed by atoms with Gasteiger partial charge in [-0.1, -0.05) is 12.1 Å². The molecule has 2 aromatic rings. The lowest BCUT2D eigenvalue weighted by atomic mass is 9.89. The smallest absolute Gasteiger partial charge is 0.122 e. The lowest BCUT2D eigenvalue weighted by Crippen LogP contribution is -2.20. The molecule has 114 valence electrons. The van der Waals surface area contributed by atoms with E-state index in [2.05, 4.69) is 31.9 Å². The van der Waals surface area contributed by atoms with Crippen LogP contribution in [0.1, 0.15) is 28.7 Å². The number of hydrogen-bond donors (Lipinski definition) is 2. The maximum absolute atomic E-state index is 10.7. The van der Waals surface area contributed by atoms with Crippen molar-refractivity contribution >= 4 is 43.2 Å². The lowest BCUT2D eigenvalue weighted by molar-refractivity contribution is 0.147. The molecule has 0 aliphatic rings. The molecular formula is C15H17Br2NO2S. The van der Waals surface area contributed by atoms with Gasteiger partial charge < -0.3 is 15.6 Å². The molecule has 2 atom stereocenters. The highest BCUT2D eigenvalue weighted by atomic mass is 79.9. The zero-order valence-electron chi connectivity index (χ0n) is 11.8. The molecule has 0 fully saturated rings. The molecule has 0 aliphatic carbocycles. The van der Waals surface area contributed by atoms with E-state index in [0.717, 1.165) is 30.0 Å². The van der Waals surface area contributed by atoms with Crippen LogP contribution < -0.4 is 10.5 Å². The van der Waals surface area contributed by atoms with Crippen LogP contribution in [0.5, 0.6) is 5.75 Å². The van der Waals surface area contributed by atoms with E-state index in [4.69, 9.17) is 10.5 Å². The summed E-state index contributed by atoms with van der Waals surface area (Å²) in [5.74, 6) is 0.626. The van der Waals surface area contributed by atoms with E-state index in [1.54, 1.807) is 7.11 Å². The molecule has 3 nitrogen and oxygen atoms in total. The maximum atomic E-state index is 10.7. The number of methoxy groups -OCH3 is 1. The predicted molar refractivity (Wildman–Crippen MR) is 94.2 cm³/mol. The third kappa shape index (κ3) is 3.68. The largest absolute Gasteiger partial charge is 0.496 e. The van der Waals surface area contributed by atoms with E-state index in [9.17, 15) is 5.11 Å². The monoisotopic (exact) mass is 433 g/mol. The van der Waals surface area contributed by atoms with Gasteiger partial charge in [-0.3, -0.25) is 0 Å². The van der Waals surface area contributed by atoms with E-state index in [1.165, 1.54) is 11.3 Å². The van der Waals surface area contributed by atoms with Gasteiger partial charge in [0.2, 0.25) is 0 Å². The van der Waals surface area contributed by atoms with Gasteiger partial charge in [-0.15, -0.1) is 11.3 Å². The van der Waals surface area contributed by atoms with Crippen LogP contribution in [0.2, 0.25) is 0 Å². The van der Waals surface area contributed by atoms with Crippen LogP contribution in [0, 0.1) is 6.92 Å². The average Bonchev–Trinajstić information content (AvgIpc) is 2.80. The number of aliphatic hydroxyl groups is 1.